The standard InChI is InChI=1S/C28H33N5O4.C2H4O2.N2/c1-37-24-17-19(14-15-23(24)34)18-32-26(35)22(13-8-16-31-28(29)30)33-27(36)25(20-9-4-2-5-10-20)21-11-6-3-7-12-21;1-2(3)4;1-2/h2-7,9-12,14-15,17,22,25,34H,8,13,16,18H2,1H3,(H,32,35)(H,33,36)(H4,29,30,31);1H3,(H,3,4);/p-1/t22-;;/m0../s1. The highest BCUT2D eigenvalue weighted by atomic mass is 16.5. The van der Waals surface area contributed by atoms with E-state index in [-0.39, 0.29) is 30.1 Å². The van der Waals surface area contributed by atoms with E-state index in [1.807, 2.05) is 60.7 Å². The van der Waals surface area contributed by atoms with Crippen molar-refractivity contribution in [3.63, 3.8) is 0 Å². The van der Waals surface area contributed by atoms with E-state index in [1.54, 1.807) is 12.1 Å². The molecule has 7 N–H and O–H groups in total. The molecule has 13 heteroatoms. The zero-order chi connectivity index (χ0) is 32.2. The number of nitrogens with two attached hydrogens (primary N) is 2. The van der Waals surface area contributed by atoms with Gasteiger partial charge in [-0.1, -0.05) is 66.7 Å². The number of benzene rings is 3. The number of hydrogen-bond acceptors (Lipinski definition) is 9. The van der Waals surface area contributed by atoms with Crippen LogP contribution in [0.25, 0.3) is 0 Å². The molecule has 0 fully saturated rings. The molecule has 0 radical (unpaired) electrons. The Labute approximate surface area is 250 Å². The fourth-order valence-corrected chi connectivity index (χ4v) is 3.96. The van der Waals surface area contributed by atoms with Crippen molar-refractivity contribution in [2.45, 2.75) is 38.3 Å². The summed E-state index contributed by atoms with van der Waals surface area (Å²) in [4.78, 5) is 39.7. The largest absolute Gasteiger partial charge is 0.550 e. The summed E-state index contributed by atoms with van der Waals surface area (Å²) >= 11 is 0. The van der Waals surface area contributed by atoms with Gasteiger partial charge in [-0.3, -0.25) is 14.6 Å². The topological polar surface area (TPSA) is 240 Å². The van der Waals surface area contributed by atoms with Crippen molar-refractivity contribution < 1.29 is 29.3 Å². The number of aliphatic imine (C=N–C) groups is 1. The molecule has 13 nitrogen and oxygen atoms in total. The van der Waals surface area contributed by atoms with Crippen LogP contribution in [-0.4, -0.2) is 48.5 Å². The summed E-state index contributed by atoms with van der Waals surface area (Å²) < 4.78 is 5.14. The number of carbonyl (C=O) groups excluding carboxylic acids is 3. The second-order valence-electron chi connectivity index (χ2n) is 8.98. The highest BCUT2D eigenvalue weighted by Gasteiger charge is 2.27. The van der Waals surface area contributed by atoms with E-state index in [0.29, 0.717) is 25.1 Å². The molecule has 0 heterocycles. The van der Waals surface area contributed by atoms with Gasteiger partial charge in [-0.05, 0) is 48.6 Å². The second kappa shape index (κ2) is 19.4. The molecule has 0 saturated heterocycles. The van der Waals surface area contributed by atoms with Crippen LogP contribution < -0.4 is 31.9 Å². The van der Waals surface area contributed by atoms with Crippen LogP contribution in [0.15, 0.2) is 83.9 Å². The van der Waals surface area contributed by atoms with Crippen molar-refractivity contribution in [2.75, 3.05) is 13.7 Å². The Morgan fingerprint density at radius 2 is 1.49 bits per heavy atom. The average molecular weight is 591 g/mol. The van der Waals surface area contributed by atoms with Crippen molar-refractivity contribution in [3.05, 3.63) is 95.6 Å². The van der Waals surface area contributed by atoms with Gasteiger partial charge in [-0.2, -0.15) is 0 Å². The molecule has 0 spiro atoms. The van der Waals surface area contributed by atoms with E-state index < -0.39 is 17.9 Å². The van der Waals surface area contributed by atoms with Gasteiger partial charge in [0, 0.05) is 29.8 Å². The Balaban J connectivity index is 0.00000142. The van der Waals surface area contributed by atoms with Crippen LogP contribution in [0, 0.1) is 10.8 Å². The van der Waals surface area contributed by atoms with Crippen molar-refractivity contribution >= 4 is 23.7 Å². The van der Waals surface area contributed by atoms with Crippen molar-refractivity contribution in [2.24, 2.45) is 16.5 Å². The van der Waals surface area contributed by atoms with Crippen LogP contribution in [0.5, 0.6) is 11.5 Å². The number of nitrogens with one attached hydrogen (secondary N) is 2. The summed E-state index contributed by atoms with van der Waals surface area (Å²) in [5.41, 5.74) is 13.2. The van der Waals surface area contributed by atoms with Gasteiger partial charge in [0.15, 0.2) is 17.5 Å². The Morgan fingerprint density at radius 3 is 1.98 bits per heavy atom. The summed E-state index contributed by atoms with van der Waals surface area (Å²) in [5.74, 6) is -2.01. The number of hydrogen-bond donors (Lipinski definition) is 5. The first kappa shape index (κ1) is 35.4. The van der Waals surface area contributed by atoms with Crippen LogP contribution in [0.2, 0.25) is 0 Å². The van der Waals surface area contributed by atoms with E-state index in [1.165, 1.54) is 13.2 Å². The van der Waals surface area contributed by atoms with Gasteiger partial charge < -0.3 is 41.8 Å². The van der Waals surface area contributed by atoms with E-state index in [2.05, 4.69) is 15.6 Å². The lowest BCUT2D eigenvalue weighted by molar-refractivity contribution is -0.302. The minimum Gasteiger partial charge on any atom is -0.550 e. The third-order valence-electron chi connectivity index (χ3n) is 5.82. The highest BCUT2D eigenvalue weighted by Crippen LogP contribution is 2.27. The van der Waals surface area contributed by atoms with Crippen LogP contribution in [0.4, 0.5) is 0 Å². The summed E-state index contributed by atoms with van der Waals surface area (Å²) in [6.45, 7) is 1.49. The minimum atomic E-state index is -1.08. The molecule has 0 aromatic heterocycles. The summed E-state index contributed by atoms with van der Waals surface area (Å²) in [6.07, 6.45) is 0.828. The van der Waals surface area contributed by atoms with Gasteiger partial charge in [0.25, 0.3) is 0 Å². The molecule has 3 aromatic rings. The summed E-state index contributed by atoms with van der Waals surface area (Å²) in [5, 5.41) is 36.5. The molecule has 0 aliphatic carbocycles. The van der Waals surface area contributed by atoms with Crippen LogP contribution in [-0.2, 0) is 20.9 Å². The molecular weight excluding hydrogens is 554 g/mol. The predicted molar refractivity (Wildman–Crippen MR) is 157 cm³/mol. The van der Waals surface area contributed by atoms with E-state index >= 15 is 0 Å². The Kier molecular flexibility index (Phi) is 16.0. The van der Waals surface area contributed by atoms with Gasteiger partial charge in [0.1, 0.15) is 6.04 Å². The number of amides is 2. The number of rotatable bonds is 12. The number of ether oxygens (including phenoxy) is 1. The number of nitrogens with zero attached hydrogens (tertiary/aromatic N) is 3. The van der Waals surface area contributed by atoms with E-state index in [4.69, 9.17) is 36.9 Å². The number of phenolic OH excluding ortho intramolecular Hbond substituents is 1. The Morgan fingerprint density at radius 1 is 0.953 bits per heavy atom. The van der Waals surface area contributed by atoms with Crippen LogP contribution in [0.1, 0.15) is 42.4 Å². The number of aliphatic carboxylic acids is 1. The van der Waals surface area contributed by atoms with Gasteiger partial charge in [0.05, 0.1) is 13.0 Å². The third-order valence-corrected chi connectivity index (χ3v) is 5.82. The molecule has 43 heavy (non-hydrogen) atoms. The number of aromatic hydroxyl groups is 1. The van der Waals surface area contributed by atoms with Crippen molar-refractivity contribution in [1.82, 2.24) is 10.6 Å². The maximum atomic E-state index is 13.6. The number of carbonyl (C=O) groups is 3. The molecule has 228 valence electrons. The molecule has 0 unspecified atom stereocenters. The molecule has 1 atom stereocenters. The van der Waals surface area contributed by atoms with Gasteiger partial charge in [-0.25, -0.2) is 0 Å². The van der Waals surface area contributed by atoms with E-state index in [9.17, 15) is 14.7 Å². The normalized spacial score (nSPS) is 10.4. The lowest BCUT2D eigenvalue weighted by atomic mass is 9.90. The Bertz CT molecular complexity index is 1300. The van der Waals surface area contributed by atoms with Crippen LogP contribution in [0.3, 0.4) is 0 Å². The number of phenols is 1. The maximum absolute atomic E-state index is 13.6. The fraction of sp³-hybridized carbons (Fsp3) is 0.267. The lowest BCUT2D eigenvalue weighted by Gasteiger charge is -2.23. The first-order valence-corrected chi connectivity index (χ1v) is 13.1. The first-order valence-electron chi connectivity index (χ1n) is 13.1. The second-order valence-corrected chi connectivity index (χ2v) is 8.98. The van der Waals surface area contributed by atoms with Gasteiger partial charge >= 0.3 is 0 Å². The fourth-order valence-electron chi connectivity index (χ4n) is 3.96. The number of carboxylic acids is 1. The Hall–Kier alpha value is -5.64. The zero-order valence-electron chi connectivity index (χ0n) is 24.0. The predicted octanol–water partition coefficient (Wildman–Crippen LogP) is 1.17. The number of guanidine groups is 1. The van der Waals surface area contributed by atoms with Gasteiger partial charge in [-0.15, -0.1) is 0 Å². The maximum Gasteiger partial charge on any atom is 0.242 e. The highest BCUT2D eigenvalue weighted by molar-refractivity contribution is 5.92. The van der Waals surface area contributed by atoms with Crippen LogP contribution >= 0.6 is 0 Å². The summed E-state index contributed by atoms with van der Waals surface area (Å²) in [6, 6.07) is 22.9. The number of methoxy groups -OCH3 is 1. The molecule has 0 aliphatic rings. The molecule has 2 amide bonds. The van der Waals surface area contributed by atoms with Gasteiger partial charge in [0.2, 0.25) is 11.8 Å². The lowest BCUT2D eigenvalue weighted by Crippen LogP contribution is -2.48. The molecule has 3 aromatic carbocycles. The number of carboxylic acid groups (broad SMARTS) is 1. The average Bonchev–Trinajstić information content (AvgIpc) is 3.00. The molecule has 0 saturated carbocycles. The van der Waals surface area contributed by atoms with Crippen molar-refractivity contribution in [3.8, 4) is 11.5 Å². The van der Waals surface area contributed by atoms with Crippen molar-refractivity contribution in [1.29, 1.82) is 10.8 Å². The molecule has 0 bridgehead atoms. The third kappa shape index (κ3) is 13.0. The molecule has 3 rings (SSSR count). The molecular formula is C30H36N7O6-. The minimum absolute atomic E-state index is 0.00955. The zero-order valence-corrected chi connectivity index (χ0v) is 24.0. The summed E-state index contributed by atoms with van der Waals surface area (Å²) in [7, 11) is 1.45. The SMILES string of the molecule is CC(=O)[O-].COc1cc(CNC(=O)[C@H](CCCN=C(N)N)NC(=O)C(c2ccccc2)c2ccccc2)ccc1O.N#N. The smallest absolute Gasteiger partial charge is 0.242 e. The first-order chi connectivity index (χ1) is 20.6. The van der Waals surface area contributed by atoms with E-state index in [0.717, 1.165) is 23.6 Å². The quantitative estimate of drug-likeness (QED) is 0.0872. The molecule has 0 aliphatic heterocycles. The monoisotopic (exact) mass is 590 g/mol.